The van der Waals surface area contributed by atoms with Gasteiger partial charge in [0, 0.05) is 19.2 Å². The highest BCUT2D eigenvalue weighted by atomic mass is 16.5. The Bertz CT molecular complexity index is 416. The topological polar surface area (TPSA) is 77.2 Å². The number of ether oxygens (including phenoxy) is 1. The number of pyridine rings is 1. The number of hydrogen-bond donors (Lipinski definition) is 2. The number of carbonyl (C=O) groups is 1. The van der Waals surface area contributed by atoms with E-state index in [0.717, 1.165) is 19.4 Å². The van der Waals surface area contributed by atoms with E-state index in [9.17, 15) is 4.79 Å². The van der Waals surface area contributed by atoms with Gasteiger partial charge in [0.2, 0.25) is 5.91 Å². The third-order valence-corrected chi connectivity index (χ3v) is 3.19. The molecule has 1 heterocycles. The van der Waals surface area contributed by atoms with Crippen LogP contribution in [0.3, 0.4) is 0 Å². The van der Waals surface area contributed by atoms with Crippen molar-refractivity contribution in [3.63, 3.8) is 0 Å². The minimum atomic E-state index is 0.00727. The first-order valence-electron chi connectivity index (χ1n) is 6.30. The monoisotopic (exact) mass is 249 g/mol. The second-order valence-electron chi connectivity index (χ2n) is 4.63. The molecule has 0 spiro atoms. The van der Waals surface area contributed by atoms with Gasteiger partial charge in [0.15, 0.2) is 0 Å². The molecule has 1 aromatic heterocycles. The van der Waals surface area contributed by atoms with E-state index in [2.05, 4.69) is 10.3 Å². The van der Waals surface area contributed by atoms with Crippen molar-refractivity contribution < 1.29 is 9.53 Å². The van der Waals surface area contributed by atoms with Crippen LogP contribution in [-0.2, 0) is 9.53 Å². The lowest BCUT2D eigenvalue weighted by Crippen LogP contribution is -2.33. The molecule has 1 amide bonds. The molecular formula is C13H19N3O2. The predicted octanol–water partition coefficient (Wildman–Crippen LogP) is 1.81. The Kier molecular flexibility index (Phi) is 4.15. The van der Waals surface area contributed by atoms with Crippen molar-refractivity contribution in [1.82, 2.24) is 4.98 Å². The van der Waals surface area contributed by atoms with Gasteiger partial charge in [0.05, 0.1) is 23.7 Å². The van der Waals surface area contributed by atoms with E-state index < -0.39 is 0 Å². The van der Waals surface area contributed by atoms with E-state index in [1.165, 1.54) is 6.20 Å². The molecule has 0 radical (unpaired) electrons. The van der Waals surface area contributed by atoms with Gasteiger partial charge >= 0.3 is 0 Å². The van der Waals surface area contributed by atoms with E-state index in [-0.39, 0.29) is 5.91 Å². The number of carbonyl (C=O) groups excluding carboxylic acids is 1. The van der Waals surface area contributed by atoms with Gasteiger partial charge in [-0.2, -0.15) is 0 Å². The van der Waals surface area contributed by atoms with E-state index in [1.54, 1.807) is 12.3 Å². The summed E-state index contributed by atoms with van der Waals surface area (Å²) < 4.78 is 5.47. The minimum Gasteiger partial charge on any atom is -0.396 e. The zero-order valence-electron chi connectivity index (χ0n) is 10.6. The molecule has 0 bridgehead atoms. The van der Waals surface area contributed by atoms with Crippen molar-refractivity contribution in [1.29, 1.82) is 0 Å². The van der Waals surface area contributed by atoms with Crippen LogP contribution in [0.1, 0.15) is 26.2 Å². The second-order valence-corrected chi connectivity index (χ2v) is 4.63. The standard InChI is InChI=1S/C13H19N3O2/c1-2-18-10-5-9(6-10)7-13(17)16-12-3-4-15-8-11(12)14/h3-4,8-10H,2,5-7,14H2,1H3,(H,15,16,17). The van der Waals surface area contributed by atoms with Crippen LogP contribution in [0.15, 0.2) is 18.5 Å². The van der Waals surface area contributed by atoms with Crippen LogP contribution in [0, 0.1) is 5.92 Å². The van der Waals surface area contributed by atoms with E-state index in [1.807, 2.05) is 6.92 Å². The molecule has 5 heteroatoms. The lowest BCUT2D eigenvalue weighted by molar-refractivity contribution is -0.119. The van der Waals surface area contributed by atoms with Crippen molar-refractivity contribution >= 4 is 17.3 Å². The van der Waals surface area contributed by atoms with Crippen LogP contribution in [0.4, 0.5) is 11.4 Å². The third kappa shape index (κ3) is 3.20. The molecule has 2 rings (SSSR count). The fourth-order valence-corrected chi connectivity index (χ4v) is 2.20. The minimum absolute atomic E-state index is 0.00727. The molecule has 0 unspecified atom stereocenters. The van der Waals surface area contributed by atoms with Crippen LogP contribution < -0.4 is 11.1 Å². The Morgan fingerprint density at radius 1 is 1.61 bits per heavy atom. The molecule has 1 aliphatic carbocycles. The molecule has 98 valence electrons. The van der Waals surface area contributed by atoms with Gasteiger partial charge in [-0.1, -0.05) is 0 Å². The average Bonchev–Trinajstić information content (AvgIpc) is 2.29. The Morgan fingerprint density at radius 2 is 2.39 bits per heavy atom. The molecule has 1 saturated carbocycles. The highest BCUT2D eigenvalue weighted by Gasteiger charge is 2.31. The second kappa shape index (κ2) is 5.82. The number of amides is 1. The zero-order valence-corrected chi connectivity index (χ0v) is 10.6. The van der Waals surface area contributed by atoms with Crippen LogP contribution in [0.2, 0.25) is 0 Å². The maximum absolute atomic E-state index is 11.8. The fourth-order valence-electron chi connectivity index (χ4n) is 2.20. The summed E-state index contributed by atoms with van der Waals surface area (Å²) >= 11 is 0. The number of nitrogens with zero attached hydrogens (tertiary/aromatic N) is 1. The number of hydrogen-bond acceptors (Lipinski definition) is 4. The van der Waals surface area contributed by atoms with Crippen molar-refractivity contribution in [2.45, 2.75) is 32.3 Å². The van der Waals surface area contributed by atoms with Gasteiger partial charge in [-0.15, -0.1) is 0 Å². The number of nitrogens with one attached hydrogen (secondary N) is 1. The van der Waals surface area contributed by atoms with Gasteiger partial charge in [-0.05, 0) is 31.7 Å². The molecule has 0 atom stereocenters. The molecule has 0 aliphatic heterocycles. The summed E-state index contributed by atoms with van der Waals surface area (Å²) in [5.41, 5.74) is 6.84. The number of rotatable bonds is 5. The number of anilines is 2. The quantitative estimate of drug-likeness (QED) is 0.834. The van der Waals surface area contributed by atoms with Crippen LogP contribution >= 0.6 is 0 Å². The van der Waals surface area contributed by atoms with Crippen LogP contribution in [-0.4, -0.2) is 23.6 Å². The summed E-state index contributed by atoms with van der Waals surface area (Å²) in [6.07, 6.45) is 5.98. The lowest BCUT2D eigenvalue weighted by atomic mass is 9.80. The summed E-state index contributed by atoms with van der Waals surface area (Å²) in [4.78, 5) is 15.7. The lowest BCUT2D eigenvalue weighted by Gasteiger charge is -2.34. The molecule has 0 saturated heterocycles. The first kappa shape index (κ1) is 12.8. The Morgan fingerprint density at radius 3 is 3.06 bits per heavy atom. The summed E-state index contributed by atoms with van der Waals surface area (Å²) in [5.74, 6) is 0.442. The molecule has 1 fully saturated rings. The largest absolute Gasteiger partial charge is 0.396 e. The highest BCUT2D eigenvalue weighted by molar-refractivity contribution is 5.93. The maximum Gasteiger partial charge on any atom is 0.224 e. The molecular weight excluding hydrogens is 230 g/mol. The summed E-state index contributed by atoms with van der Waals surface area (Å²) in [6, 6.07) is 1.71. The van der Waals surface area contributed by atoms with Gasteiger partial charge in [0.25, 0.3) is 0 Å². The normalized spacial score (nSPS) is 22.3. The number of nitrogen functional groups attached to an aromatic ring is 1. The smallest absolute Gasteiger partial charge is 0.224 e. The number of nitrogens with two attached hydrogens (primary N) is 1. The Labute approximate surface area is 107 Å². The molecule has 3 N–H and O–H groups in total. The zero-order chi connectivity index (χ0) is 13.0. The van der Waals surface area contributed by atoms with Crippen LogP contribution in [0.5, 0.6) is 0 Å². The summed E-state index contributed by atoms with van der Waals surface area (Å²) in [7, 11) is 0. The fraction of sp³-hybridized carbons (Fsp3) is 0.538. The SMILES string of the molecule is CCOC1CC(CC(=O)Nc2ccncc2N)C1. The van der Waals surface area contributed by atoms with E-state index >= 15 is 0 Å². The maximum atomic E-state index is 11.8. The van der Waals surface area contributed by atoms with Gasteiger partial charge in [-0.3, -0.25) is 9.78 Å². The van der Waals surface area contributed by atoms with E-state index in [0.29, 0.717) is 29.8 Å². The molecule has 0 aromatic carbocycles. The van der Waals surface area contributed by atoms with Crippen molar-refractivity contribution in [2.75, 3.05) is 17.7 Å². The van der Waals surface area contributed by atoms with Gasteiger partial charge in [-0.25, -0.2) is 0 Å². The Hall–Kier alpha value is -1.62. The summed E-state index contributed by atoms with van der Waals surface area (Å²) in [6.45, 7) is 2.74. The van der Waals surface area contributed by atoms with Gasteiger partial charge < -0.3 is 15.8 Å². The first-order chi connectivity index (χ1) is 8.69. The van der Waals surface area contributed by atoms with Crippen molar-refractivity contribution in [2.24, 2.45) is 5.92 Å². The van der Waals surface area contributed by atoms with E-state index in [4.69, 9.17) is 10.5 Å². The average molecular weight is 249 g/mol. The third-order valence-electron chi connectivity index (χ3n) is 3.19. The molecule has 1 aliphatic rings. The summed E-state index contributed by atoms with van der Waals surface area (Å²) in [5, 5.41) is 2.81. The highest BCUT2D eigenvalue weighted by Crippen LogP contribution is 2.33. The van der Waals surface area contributed by atoms with Gasteiger partial charge in [0.1, 0.15) is 0 Å². The number of aromatic nitrogens is 1. The molecule has 18 heavy (non-hydrogen) atoms. The molecule has 5 nitrogen and oxygen atoms in total. The molecule has 1 aromatic rings. The van der Waals surface area contributed by atoms with Crippen molar-refractivity contribution in [3.8, 4) is 0 Å². The predicted molar refractivity (Wildman–Crippen MR) is 70.0 cm³/mol. The van der Waals surface area contributed by atoms with Crippen LogP contribution in [0.25, 0.3) is 0 Å². The Balaban J connectivity index is 1.75. The van der Waals surface area contributed by atoms with Crippen molar-refractivity contribution in [3.05, 3.63) is 18.5 Å². The first-order valence-corrected chi connectivity index (χ1v) is 6.30.